The van der Waals surface area contributed by atoms with Gasteiger partial charge in [-0.25, -0.2) is 9.31 Å². The third kappa shape index (κ3) is 4.09. The van der Waals surface area contributed by atoms with Crippen molar-refractivity contribution in [1.82, 2.24) is 19.5 Å². The number of anilines is 1. The second-order valence-electron chi connectivity index (χ2n) is 9.48. The van der Waals surface area contributed by atoms with Crippen LogP contribution in [0.1, 0.15) is 33.2 Å². The van der Waals surface area contributed by atoms with Gasteiger partial charge in [-0.15, -0.1) is 0 Å². The van der Waals surface area contributed by atoms with Gasteiger partial charge in [-0.05, 0) is 55.9 Å². The minimum Gasteiger partial charge on any atom is -0.382 e. The molecule has 1 aromatic carbocycles. The van der Waals surface area contributed by atoms with Crippen molar-refractivity contribution in [3.63, 3.8) is 0 Å². The minimum absolute atomic E-state index is 0. The second-order valence-corrected chi connectivity index (χ2v) is 9.48. The Morgan fingerprint density at radius 1 is 1.30 bits per heavy atom. The van der Waals surface area contributed by atoms with Gasteiger partial charge in [0.2, 0.25) is 0 Å². The van der Waals surface area contributed by atoms with E-state index in [0.29, 0.717) is 25.7 Å². The maximum absolute atomic E-state index is 13.4. The molecule has 2 aromatic heterocycles. The average molecular weight is 452 g/mol. The van der Waals surface area contributed by atoms with E-state index in [1.54, 1.807) is 13.3 Å². The predicted molar refractivity (Wildman–Crippen MR) is 128 cm³/mol. The van der Waals surface area contributed by atoms with E-state index in [9.17, 15) is 4.79 Å². The third-order valence-electron chi connectivity index (χ3n) is 6.96. The van der Waals surface area contributed by atoms with Crippen LogP contribution in [0.25, 0.3) is 16.8 Å². The van der Waals surface area contributed by atoms with E-state index in [1.807, 2.05) is 53.0 Å². The molecular weight excluding hydrogens is 418 g/mol. The molecule has 3 heterocycles. The van der Waals surface area contributed by atoms with Crippen molar-refractivity contribution in [1.29, 1.82) is 0 Å². The van der Waals surface area contributed by atoms with Crippen LogP contribution in [0.5, 0.6) is 0 Å². The van der Waals surface area contributed by atoms with Gasteiger partial charge in [-0.1, -0.05) is 13.0 Å². The molecule has 2 amide bonds. The number of rotatable bonds is 7. The third-order valence-corrected chi connectivity index (χ3v) is 6.96. The number of aromatic nitrogens is 3. The lowest BCUT2D eigenvalue weighted by Crippen LogP contribution is -2.74. The number of carbonyl (C=O) groups excluding carboxylic acids is 1. The van der Waals surface area contributed by atoms with Crippen LogP contribution >= 0.6 is 0 Å². The number of aryl methyl sites for hydroxylation is 1. The summed E-state index contributed by atoms with van der Waals surface area (Å²) in [6, 6.07) is 8.09. The van der Waals surface area contributed by atoms with Crippen molar-refractivity contribution >= 4 is 17.2 Å². The summed E-state index contributed by atoms with van der Waals surface area (Å²) in [4.78, 5) is 20.0. The van der Waals surface area contributed by atoms with Crippen LogP contribution in [-0.4, -0.2) is 64.0 Å². The highest BCUT2D eigenvalue weighted by Gasteiger charge is 2.58. The van der Waals surface area contributed by atoms with Gasteiger partial charge in [0.15, 0.2) is 0 Å². The van der Waals surface area contributed by atoms with E-state index in [4.69, 9.17) is 9.47 Å². The number of nitrogens with one attached hydrogen (secondary N) is 1. The largest absolute Gasteiger partial charge is 0.382 e. The van der Waals surface area contributed by atoms with Crippen molar-refractivity contribution in [3.8, 4) is 11.3 Å². The zero-order valence-corrected chi connectivity index (χ0v) is 19.5. The van der Waals surface area contributed by atoms with Crippen molar-refractivity contribution in [2.45, 2.75) is 44.7 Å². The minimum atomic E-state index is -0.222. The van der Waals surface area contributed by atoms with E-state index in [1.165, 1.54) is 0 Å². The molecule has 0 radical (unpaired) electrons. The summed E-state index contributed by atoms with van der Waals surface area (Å²) in [7, 11) is 1.67. The normalized spacial score (nSPS) is 24.0. The van der Waals surface area contributed by atoms with Gasteiger partial charge in [0.1, 0.15) is 0 Å². The quantitative estimate of drug-likeness (QED) is 0.539. The van der Waals surface area contributed by atoms with E-state index in [-0.39, 0.29) is 19.0 Å². The van der Waals surface area contributed by atoms with E-state index < -0.39 is 0 Å². The van der Waals surface area contributed by atoms with Gasteiger partial charge in [0.25, 0.3) is 0 Å². The molecule has 1 saturated carbocycles. The summed E-state index contributed by atoms with van der Waals surface area (Å²) in [6.45, 7) is 5.97. The van der Waals surface area contributed by atoms with Crippen LogP contribution in [0.2, 0.25) is 0 Å². The number of hydrogen-bond acceptors (Lipinski definition) is 5. The van der Waals surface area contributed by atoms with Gasteiger partial charge >= 0.3 is 6.03 Å². The molecule has 5 rings (SSSR count). The van der Waals surface area contributed by atoms with Gasteiger partial charge in [-0.3, -0.25) is 4.98 Å². The number of carbonyl (C=O) groups is 1. The molecule has 33 heavy (non-hydrogen) atoms. The monoisotopic (exact) mass is 451 g/mol. The Bertz CT molecular complexity index is 1170. The SMILES string of the molecule is COCCOC[C@@]12C[C@@H](C)C[C@@H](C1)N2C(=O)Nc1ccc(C)c(-c2cn3nccc3cn2)c1.[HH]. The van der Waals surface area contributed by atoms with Gasteiger partial charge < -0.3 is 19.7 Å². The molecule has 0 spiro atoms. The van der Waals surface area contributed by atoms with Crippen LogP contribution in [-0.2, 0) is 9.47 Å². The van der Waals surface area contributed by atoms with Crippen molar-refractivity contribution < 1.29 is 15.7 Å². The van der Waals surface area contributed by atoms with Crippen LogP contribution in [0.3, 0.4) is 0 Å². The molecule has 3 aromatic rings. The first kappa shape index (κ1) is 21.9. The first-order valence-electron chi connectivity index (χ1n) is 11.6. The van der Waals surface area contributed by atoms with Gasteiger partial charge in [-0.2, -0.15) is 5.10 Å². The van der Waals surface area contributed by atoms with Gasteiger partial charge in [0.05, 0.1) is 55.2 Å². The maximum Gasteiger partial charge on any atom is 0.322 e. The highest BCUT2D eigenvalue weighted by atomic mass is 16.5. The number of urea groups is 1. The fourth-order valence-corrected chi connectivity index (χ4v) is 5.56. The predicted octanol–water partition coefficient (Wildman–Crippen LogP) is 4.39. The van der Waals surface area contributed by atoms with E-state index in [2.05, 4.69) is 22.3 Å². The van der Waals surface area contributed by atoms with Crippen LogP contribution in [0.15, 0.2) is 42.9 Å². The number of likely N-dealkylation sites (tertiary alicyclic amines) is 1. The second kappa shape index (κ2) is 8.76. The number of nitrogens with zero attached hydrogens (tertiary/aromatic N) is 4. The highest BCUT2D eigenvalue weighted by molar-refractivity contribution is 5.92. The molecule has 8 nitrogen and oxygen atoms in total. The maximum atomic E-state index is 13.4. The molecule has 2 bridgehead atoms. The number of ether oxygens (including phenoxy) is 2. The van der Waals surface area contributed by atoms with Crippen molar-refractivity contribution in [3.05, 3.63) is 48.4 Å². The fourth-order valence-electron chi connectivity index (χ4n) is 5.56. The Balaban J connectivity index is 0.00000274. The van der Waals surface area contributed by atoms with Crippen LogP contribution in [0, 0.1) is 12.8 Å². The number of piperidine rings is 1. The van der Waals surface area contributed by atoms with Crippen LogP contribution < -0.4 is 5.32 Å². The number of hydrogen-bond donors (Lipinski definition) is 1. The number of benzene rings is 1. The van der Waals surface area contributed by atoms with E-state index in [0.717, 1.165) is 47.3 Å². The molecule has 8 heteroatoms. The fraction of sp³-hybridized carbons (Fsp3) is 0.480. The molecule has 3 atom stereocenters. The molecule has 2 fully saturated rings. The summed E-state index contributed by atoms with van der Waals surface area (Å²) >= 11 is 0. The van der Waals surface area contributed by atoms with Crippen molar-refractivity contribution in [2.75, 3.05) is 32.2 Å². The lowest BCUT2D eigenvalue weighted by atomic mass is 9.65. The Hall–Kier alpha value is -2.97. The Labute approximate surface area is 195 Å². The average Bonchev–Trinajstić information content (AvgIpc) is 3.25. The first-order valence-corrected chi connectivity index (χ1v) is 11.6. The Kier molecular flexibility index (Phi) is 5.80. The van der Waals surface area contributed by atoms with Crippen LogP contribution in [0.4, 0.5) is 10.5 Å². The summed E-state index contributed by atoms with van der Waals surface area (Å²) < 4.78 is 12.8. The van der Waals surface area contributed by atoms with Crippen molar-refractivity contribution in [2.24, 2.45) is 5.92 Å². The summed E-state index contributed by atoms with van der Waals surface area (Å²) in [6.07, 6.45) is 8.49. The molecule has 1 saturated heterocycles. The number of fused-ring (bicyclic) bond motifs is 3. The van der Waals surface area contributed by atoms with E-state index >= 15 is 0 Å². The zero-order valence-electron chi connectivity index (χ0n) is 19.5. The Morgan fingerprint density at radius 2 is 2.18 bits per heavy atom. The molecule has 1 N–H and O–H groups in total. The lowest BCUT2D eigenvalue weighted by molar-refractivity contribution is -0.131. The highest BCUT2D eigenvalue weighted by Crippen LogP contribution is 2.50. The summed E-state index contributed by atoms with van der Waals surface area (Å²) in [5, 5.41) is 7.45. The Morgan fingerprint density at radius 3 is 3.03 bits per heavy atom. The molecule has 176 valence electrons. The first-order chi connectivity index (χ1) is 16.0. The number of methoxy groups -OCH3 is 1. The molecular formula is C25H33N5O3. The molecule has 0 unspecified atom stereocenters. The topological polar surface area (TPSA) is 81.0 Å². The lowest BCUT2D eigenvalue weighted by Gasteiger charge is -2.63. The summed E-state index contributed by atoms with van der Waals surface area (Å²) in [5.41, 5.74) is 4.36. The molecule has 1 aliphatic heterocycles. The summed E-state index contributed by atoms with van der Waals surface area (Å²) in [5.74, 6) is 0.591. The van der Waals surface area contributed by atoms with Gasteiger partial charge in [0, 0.05) is 25.8 Å². The smallest absolute Gasteiger partial charge is 0.322 e. The molecule has 1 aliphatic carbocycles. The number of amides is 2. The zero-order chi connectivity index (χ0) is 23.0. The standard InChI is InChI=1S/C25H31N5O3.H2/c1-17-10-21-13-25(12-17,16-33-9-8-32-3)30(21)24(31)28-19-5-4-18(2)22(11-19)23-15-29-20(14-26-23)6-7-27-29;/h4-7,11,14-15,17,21H,8-10,12-13,16H2,1-3H3,(H,28,31);1H/t17-,21-,25+;/m0./s1. The molecule has 2 aliphatic rings.